The molecule has 22 heavy (non-hydrogen) atoms. The number of nitrogens with zero attached hydrogens (tertiary/aromatic N) is 5. The molecule has 3 aromatic rings. The third-order valence-corrected chi connectivity index (χ3v) is 5.02. The van der Waals surface area contributed by atoms with Crippen molar-refractivity contribution >= 4 is 23.1 Å². The van der Waals surface area contributed by atoms with Crippen molar-refractivity contribution in [3.8, 4) is 16.6 Å². The first-order valence-corrected chi connectivity index (χ1v) is 8.58. The number of thiophene rings is 1. The summed E-state index contributed by atoms with van der Waals surface area (Å²) < 4.78 is 7.35. The Morgan fingerprint density at radius 3 is 2.95 bits per heavy atom. The van der Waals surface area contributed by atoms with E-state index in [2.05, 4.69) is 36.2 Å². The van der Waals surface area contributed by atoms with E-state index < -0.39 is 0 Å². The Kier molecular flexibility index (Phi) is 3.55. The van der Waals surface area contributed by atoms with Gasteiger partial charge >= 0.3 is 0 Å². The quantitative estimate of drug-likeness (QED) is 0.668. The lowest BCUT2D eigenvalue weighted by Crippen LogP contribution is -1.99. The maximum absolute atomic E-state index is 5.14. The molecule has 0 aliphatic heterocycles. The van der Waals surface area contributed by atoms with Gasteiger partial charge in [-0.15, -0.1) is 21.5 Å². The second-order valence-electron chi connectivity index (χ2n) is 4.87. The molecule has 0 amide bonds. The molecule has 1 aliphatic rings. The highest BCUT2D eigenvalue weighted by atomic mass is 32.2. The highest BCUT2D eigenvalue weighted by Gasteiger charge is 2.30. The topological polar surface area (TPSA) is 65.7 Å². The minimum absolute atomic E-state index is 0.486. The lowest BCUT2D eigenvalue weighted by Gasteiger charge is -2.07. The van der Waals surface area contributed by atoms with E-state index in [9.17, 15) is 0 Å². The van der Waals surface area contributed by atoms with Gasteiger partial charge in [-0.2, -0.15) is 4.98 Å². The Morgan fingerprint density at radius 1 is 1.32 bits per heavy atom. The van der Waals surface area contributed by atoms with E-state index in [4.69, 9.17) is 4.74 Å². The summed E-state index contributed by atoms with van der Waals surface area (Å²) in [7, 11) is 1.60. The Morgan fingerprint density at radius 2 is 2.23 bits per heavy atom. The van der Waals surface area contributed by atoms with Crippen LogP contribution in [0, 0.1) is 0 Å². The van der Waals surface area contributed by atoms with Crippen LogP contribution in [0.1, 0.15) is 18.9 Å². The van der Waals surface area contributed by atoms with E-state index in [-0.39, 0.29) is 0 Å². The molecular formula is C14H13N5OS2. The number of rotatable bonds is 5. The third kappa shape index (κ3) is 2.59. The highest BCUT2D eigenvalue weighted by molar-refractivity contribution is 7.99. The maximum atomic E-state index is 5.14. The van der Waals surface area contributed by atoms with Crippen LogP contribution in [0.3, 0.4) is 0 Å². The van der Waals surface area contributed by atoms with E-state index >= 15 is 0 Å². The van der Waals surface area contributed by atoms with Gasteiger partial charge in [0.25, 0.3) is 0 Å². The summed E-state index contributed by atoms with van der Waals surface area (Å²) in [6.45, 7) is 0. The van der Waals surface area contributed by atoms with Gasteiger partial charge in [-0.25, -0.2) is 4.98 Å². The predicted molar refractivity (Wildman–Crippen MR) is 84.3 cm³/mol. The van der Waals surface area contributed by atoms with Crippen LogP contribution >= 0.6 is 23.1 Å². The molecule has 8 heteroatoms. The average Bonchev–Trinajstić information content (AvgIpc) is 3.08. The van der Waals surface area contributed by atoms with Crippen molar-refractivity contribution in [1.82, 2.24) is 24.7 Å². The van der Waals surface area contributed by atoms with Crippen molar-refractivity contribution in [2.45, 2.75) is 29.2 Å². The Hall–Kier alpha value is -1.93. The number of methoxy groups -OCH3 is 1. The fraction of sp³-hybridized carbons (Fsp3) is 0.286. The predicted octanol–water partition coefficient (Wildman–Crippen LogP) is 3.29. The average molecular weight is 331 g/mol. The summed E-state index contributed by atoms with van der Waals surface area (Å²) >= 11 is 3.10. The van der Waals surface area contributed by atoms with Crippen LogP contribution < -0.4 is 4.74 Å². The smallest absolute Gasteiger partial charge is 0.217 e. The van der Waals surface area contributed by atoms with Crippen LogP contribution in [0.2, 0.25) is 0 Å². The van der Waals surface area contributed by atoms with Gasteiger partial charge in [-0.05, 0) is 36.0 Å². The molecule has 6 nitrogen and oxygen atoms in total. The van der Waals surface area contributed by atoms with Gasteiger partial charge in [-0.3, -0.25) is 4.57 Å². The molecule has 0 atom stereocenters. The molecule has 3 heterocycles. The molecule has 0 aromatic carbocycles. The monoisotopic (exact) mass is 331 g/mol. The summed E-state index contributed by atoms with van der Waals surface area (Å²) in [5.74, 6) is 1.48. The minimum atomic E-state index is 0.486. The first-order chi connectivity index (χ1) is 10.8. The van der Waals surface area contributed by atoms with Crippen LogP contribution in [0.5, 0.6) is 5.88 Å². The lowest BCUT2D eigenvalue weighted by atomic mass is 10.4. The van der Waals surface area contributed by atoms with Crippen molar-refractivity contribution in [3.63, 3.8) is 0 Å². The van der Waals surface area contributed by atoms with E-state index in [1.54, 1.807) is 30.7 Å². The zero-order valence-electron chi connectivity index (χ0n) is 11.8. The Balaban J connectivity index is 1.70. The van der Waals surface area contributed by atoms with Crippen molar-refractivity contribution in [2.24, 2.45) is 0 Å². The summed E-state index contributed by atoms with van der Waals surface area (Å²) in [6.07, 6.45) is 4.03. The number of hydrogen-bond donors (Lipinski definition) is 0. The second-order valence-corrected chi connectivity index (χ2v) is 6.75. The van der Waals surface area contributed by atoms with Gasteiger partial charge in [0.15, 0.2) is 16.1 Å². The van der Waals surface area contributed by atoms with Gasteiger partial charge in [0, 0.05) is 18.3 Å². The first-order valence-electron chi connectivity index (χ1n) is 6.89. The van der Waals surface area contributed by atoms with Gasteiger partial charge < -0.3 is 4.74 Å². The summed E-state index contributed by atoms with van der Waals surface area (Å²) in [6, 6.07) is 6.32. The Labute approximate surface area is 135 Å². The van der Waals surface area contributed by atoms with Crippen LogP contribution in [0.25, 0.3) is 10.7 Å². The number of aromatic nitrogens is 5. The van der Waals surface area contributed by atoms with Crippen molar-refractivity contribution < 1.29 is 4.74 Å². The molecule has 0 radical (unpaired) electrons. The van der Waals surface area contributed by atoms with E-state index in [0.717, 1.165) is 15.9 Å². The minimum Gasteiger partial charge on any atom is -0.481 e. The van der Waals surface area contributed by atoms with Gasteiger partial charge in [-0.1, -0.05) is 6.07 Å². The van der Waals surface area contributed by atoms with Crippen molar-refractivity contribution in [2.75, 3.05) is 7.11 Å². The van der Waals surface area contributed by atoms with Gasteiger partial charge in [0.1, 0.15) is 0 Å². The first kappa shape index (κ1) is 13.7. The molecule has 112 valence electrons. The lowest BCUT2D eigenvalue weighted by molar-refractivity contribution is 0.392. The molecule has 1 fully saturated rings. The van der Waals surface area contributed by atoms with Crippen molar-refractivity contribution in [1.29, 1.82) is 0 Å². The van der Waals surface area contributed by atoms with Crippen LogP contribution in [-0.4, -0.2) is 31.8 Å². The maximum Gasteiger partial charge on any atom is 0.217 e. The molecular weight excluding hydrogens is 318 g/mol. The van der Waals surface area contributed by atoms with E-state index in [0.29, 0.717) is 17.1 Å². The van der Waals surface area contributed by atoms with Crippen LogP contribution in [0.4, 0.5) is 0 Å². The van der Waals surface area contributed by atoms with Gasteiger partial charge in [0.2, 0.25) is 5.88 Å². The molecule has 0 spiro atoms. The van der Waals surface area contributed by atoms with E-state index in [1.807, 2.05) is 6.07 Å². The van der Waals surface area contributed by atoms with Crippen molar-refractivity contribution in [3.05, 3.63) is 29.8 Å². The number of hydrogen-bond acceptors (Lipinski definition) is 7. The summed E-state index contributed by atoms with van der Waals surface area (Å²) in [4.78, 5) is 9.74. The highest BCUT2D eigenvalue weighted by Crippen LogP contribution is 2.42. The normalized spacial score (nSPS) is 14.2. The molecule has 1 aliphatic carbocycles. The molecule has 0 saturated heterocycles. The summed E-state index contributed by atoms with van der Waals surface area (Å²) in [5.41, 5.74) is 0. The largest absolute Gasteiger partial charge is 0.481 e. The zero-order valence-corrected chi connectivity index (χ0v) is 13.5. The van der Waals surface area contributed by atoms with Crippen LogP contribution in [0.15, 0.2) is 40.1 Å². The second kappa shape index (κ2) is 5.69. The SMILES string of the molecule is COc1ccnc(Sc2nnc(-c3cccs3)n2C2CC2)n1. The van der Waals surface area contributed by atoms with Gasteiger partial charge in [0.05, 0.1) is 12.0 Å². The van der Waals surface area contributed by atoms with E-state index in [1.165, 1.54) is 24.6 Å². The molecule has 0 bridgehead atoms. The molecule has 0 N–H and O–H groups in total. The molecule has 1 saturated carbocycles. The Bertz CT molecular complexity index is 782. The zero-order chi connectivity index (χ0) is 14.9. The third-order valence-electron chi connectivity index (χ3n) is 3.32. The summed E-state index contributed by atoms with van der Waals surface area (Å²) in [5, 5.41) is 12.2. The van der Waals surface area contributed by atoms with Crippen LogP contribution in [-0.2, 0) is 0 Å². The molecule has 3 aromatic heterocycles. The standard InChI is InChI=1S/C14H13N5OS2/c1-20-11-6-7-15-13(16-11)22-14-18-17-12(10-3-2-8-21-10)19(14)9-4-5-9/h2-3,6-9H,4-5H2,1H3. The fourth-order valence-electron chi connectivity index (χ4n) is 2.15. The number of ether oxygens (including phenoxy) is 1. The molecule has 4 rings (SSSR count). The fourth-order valence-corrected chi connectivity index (χ4v) is 3.69. The molecule has 0 unspecified atom stereocenters.